The average molecular weight is 292 g/mol. The number of ether oxygens (including phenoxy) is 1. The lowest BCUT2D eigenvalue weighted by Gasteiger charge is -2.34. The number of nitrogens with zero attached hydrogens (tertiary/aromatic N) is 1. The molecule has 1 unspecified atom stereocenters. The highest BCUT2D eigenvalue weighted by molar-refractivity contribution is 5.92. The quantitative estimate of drug-likeness (QED) is 0.865. The van der Waals surface area contributed by atoms with Gasteiger partial charge in [0.1, 0.15) is 0 Å². The molecule has 5 heteroatoms. The highest BCUT2D eigenvalue weighted by Gasteiger charge is 2.23. The highest BCUT2D eigenvalue weighted by Crippen LogP contribution is 2.19. The third-order valence-corrected chi connectivity index (χ3v) is 3.78. The van der Waals surface area contributed by atoms with Gasteiger partial charge in [-0.2, -0.15) is 0 Å². The maximum absolute atomic E-state index is 13.6. The van der Waals surface area contributed by atoms with E-state index in [1.165, 1.54) is 19.3 Å². The molecule has 0 saturated carbocycles. The van der Waals surface area contributed by atoms with Crippen LogP contribution in [0, 0.1) is 5.82 Å². The predicted molar refractivity (Wildman–Crippen MR) is 80.4 cm³/mol. The first kappa shape index (κ1) is 15.5. The van der Waals surface area contributed by atoms with Crippen LogP contribution in [-0.2, 0) is 4.79 Å². The molecular weight excluding hydrogens is 271 g/mol. The first-order valence-electron chi connectivity index (χ1n) is 7.18. The number of hydrogen-bond acceptors (Lipinski definition) is 3. The summed E-state index contributed by atoms with van der Waals surface area (Å²) in [6.45, 7) is 1.22. The molecule has 0 radical (unpaired) electrons. The minimum atomic E-state index is -0.440. The zero-order valence-corrected chi connectivity index (χ0v) is 12.2. The van der Waals surface area contributed by atoms with Gasteiger partial charge < -0.3 is 15.4 Å². The summed E-state index contributed by atoms with van der Waals surface area (Å²) in [6.07, 6.45) is 6.17. The van der Waals surface area contributed by atoms with Crippen molar-refractivity contribution >= 4 is 12.0 Å². The Balaban J connectivity index is 2.05. The first-order valence-corrected chi connectivity index (χ1v) is 7.18. The lowest BCUT2D eigenvalue weighted by Crippen LogP contribution is -2.46. The lowest BCUT2D eigenvalue weighted by molar-refractivity contribution is -0.129. The Morgan fingerprint density at radius 1 is 1.52 bits per heavy atom. The third kappa shape index (κ3) is 3.82. The Labute approximate surface area is 124 Å². The molecule has 1 aromatic rings. The second-order valence-corrected chi connectivity index (χ2v) is 5.14. The summed E-state index contributed by atoms with van der Waals surface area (Å²) in [7, 11) is 1.42. The topological polar surface area (TPSA) is 55.6 Å². The number of amides is 1. The Morgan fingerprint density at radius 2 is 2.33 bits per heavy atom. The molecule has 114 valence electrons. The van der Waals surface area contributed by atoms with Crippen LogP contribution in [0.15, 0.2) is 24.3 Å². The minimum absolute atomic E-state index is 0.0682. The lowest BCUT2D eigenvalue weighted by atomic mass is 10.0. The molecule has 1 amide bonds. The van der Waals surface area contributed by atoms with Gasteiger partial charge in [-0.1, -0.05) is 6.07 Å². The summed E-state index contributed by atoms with van der Waals surface area (Å²) in [5, 5.41) is 0. The second kappa shape index (κ2) is 7.22. The molecular formula is C16H21FN2O2. The van der Waals surface area contributed by atoms with Crippen molar-refractivity contribution in [2.75, 3.05) is 20.2 Å². The predicted octanol–water partition coefficient (Wildman–Crippen LogP) is 2.19. The van der Waals surface area contributed by atoms with E-state index in [1.807, 2.05) is 0 Å². The van der Waals surface area contributed by atoms with Crippen molar-refractivity contribution in [1.29, 1.82) is 0 Å². The van der Waals surface area contributed by atoms with Crippen LogP contribution in [0.2, 0.25) is 0 Å². The van der Waals surface area contributed by atoms with E-state index in [2.05, 4.69) is 0 Å². The van der Waals surface area contributed by atoms with E-state index < -0.39 is 5.82 Å². The fraction of sp³-hybridized carbons (Fsp3) is 0.438. The maximum Gasteiger partial charge on any atom is 0.246 e. The zero-order valence-electron chi connectivity index (χ0n) is 12.2. The normalized spacial score (nSPS) is 19.0. The maximum atomic E-state index is 13.6. The second-order valence-electron chi connectivity index (χ2n) is 5.14. The molecule has 0 aliphatic carbocycles. The van der Waals surface area contributed by atoms with Crippen molar-refractivity contribution in [2.45, 2.75) is 25.3 Å². The highest BCUT2D eigenvalue weighted by atomic mass is 19.1. The molecule has 1 atom stereocenters. The van der Waals surface area contributed by atoms with Crippen molar-refractivity contribution in [1.82, 2.24) is 4.90 Å². The minimum Gasteiger partial charge on any atom is -0.494 e. The van der Waals surface area contributed by atoms with Gasteiger partial charge >= 0.3 is 0 Å². The standard InChI is InChI=1S/C16H21FN2O2/c1-21-15-7-5-12(10-14(15)17)6-8-16(20)19-9-3-2-4-13(19)11-18/h5-8,10,13H,2-4,9,11,18H2,1H3/b8-6+. The van der Waals surface area contributed by atoms with Crippen LogP contribution in [0.25, 0.3) is 6.08 Å². The summed E-state index contributed by atoms with van der Waals surface area (Å²) < 4.78 is 18.4. The number of halogens is 1. The summed E-state index contributed by atoms with van der Waals surface area (Å²) >= 11 is 0. The average Bonchev–Trinajstić information content (AvgIpc) is 2.52. The molecule has 2 N–H and O–H groups in total. The van der Waals surface area contributed by atoms with Crippen LogP contribution in [0.1, 0.15) is 24.8 Å². The molecule has 21 heavy (non-hydrogen) atoms. The van der Waals surface area contributed by atoms with Crippen LogP contribution >= 0.6 is 0 Å². The molecule has 0 aromatic heterocycles. The molecule has 1 aliphatic rings. The van der Waals surface area contributed by atoms with Crippen LogP contribution in [-0.4, -0.2) is 37.0 Å². The van der Waals surface area contributed by atoms with E-state index in [4.69, 9.17) is 10.5 Å². The van der Waals surface area contributed by atoms with E-state index in [9.17, 15) is 9.18 Å². The molecule has 0 bridgehead atoms. The Morgan fingerprint density at radius 3 is 3.00 bits per heavy atom. The van der Waals surface area contributed by atoms with E-state index in [1.54, 1.807) is 23.1 Å². The van der Waals surface area contributed by atoms with E-state index in [0.29, 0.717) is 12.1 Å². The van der Waals surface area contributed by atoms with Crippen LogP contribution < -0.4 is 10.5 Å². The molecule has 1 heterocycles. The molecule has 1 saturated heterocycles. The number of benzene rings is 1. The first-order chi connectivity index (χ1) is 10.2. The van der Waals surface area contributed by atoms with Crippen molar-refractivity contribution in [3.05, 3.63) is 35.7 Å². The van der Waals surface area contributed by atoms with Gasteiger partial charge in [0.25, 0.3) is 0 Å². The number of carbonyl (C=O) groups excluding carboxylic acids is 1. The number of likely N-dealkylation sites (tertiary alicyclic amines) is 1. The molecule has 4 nitrogen and oxygen atoms in total. The van der Waals surface area contributed by atoms with Crippen molar-refractivity contribution in [3.63, 3.8) is 0 Å². The molecule has 1 aromatic carbocycles. The van der Waals surface area contributed by atoms with E-state index in [0.717, 1.165) is 25.8 Å². The van der Waals surface area contributed by atoms with Gasteiger partial charge in [-0.05, 0) is 43.0 Å². The number of carbonyl (C=O) groups is 1. The van der Waals surface area contributed by atoms with E-state index >= 15 is 0 Å². The number of rotatable bonds is 4. The molecule has 0 spiro atoms. The van der Waals surface area contributed by atoms with Gasteiger partial charge in [0.15, 0.2) is 11.6 Å². The van der Waals surface area contributed by atoms with Crippen LogP contribution in [0.4, 0.5) is 4.39 Å². The van der Waals surface area contributed by atoms with Crippen molar-refractivity contribution in [2.24, 2.45) is 5.73 Å². The Bertz CT molecular complexity index is 531. The monoisotopic (exact) mass is 292 g/mol. The van der Waals surface area contributed by atoms with Gasteiger partial charge in [0.2, 0.25) is 5.91 Å². The number of piperidine rings is 1. The van der Waals surface area contributed by atoms with Crippen LogP contribution in [0.3, 0.4) is 0 Å². The van der Waals surface area contributed by atoms with Gasteiger partial charge in [0.05, 0.1) is 7.11 Å². The molecule has 1 fully saturated rings. The van der Waals surface area contributed by atoms with Gasteiger partial charge in [0, 0.05) is 25.2 Å². The summed E-state index contributed by atoms with van der Waals surface area (Å²) in [5.41, 5.74) is 6.34. The number of hydrogen-bond donors (Lipinski definition) is 1. The molecule has 1 aliphatic heterocycles. The smallest absolute Gasteiger partial charge is 0.246 e. The van der Waals surface area contributed by atoms with Gasteiger partial charge in [-0.15, -0.1) is 0 Å². The van der Waals surface area contributed by atoms with Gasteiger partial charge in [-0.25, -0.2) is 4.39 Å². The Hall–Kier alpha value is -1.88. The zero-order chi connectivity index (χ0) is 15.2. The van der Waals surface area contributed by atoms with Crippen molar-refractivity contribution in [3.8, 4) is 5.75 Å². The van der Waals surface area contributed by atoms with Crippen molar-refractivity contribution < 1.29 is 13.9 Å². The fourth-order valence-corrected chi connectivity index (χ4v) is 2.59. The van der Waals surface area contributed by atoms with E-state index in [-0.39, 0.29) is 17.7 Å². The Kier molecular flexibility index (Phi) is 5.33. The van der Waals surface area contributed by atoms with Gasteiger partial charge in [-0.3, -0.25) is 4.79 Å². The molecule has 2 rings (SSSR count). The third-order valence-electron chi connectivity index (χ3n) is 3.78. The summed E-state index contributed by atoms with van der Waals surface area (Å²) in [5.74, 6) is -0.316. The summed E-state index contributed by atoms with van der Waals surface area (Å²) in [4.78, 5) is 14.0. The SMILES string of the molecule is COc1ccc(/C=C/C(=O)N2CCCCC2CN)cc1F. The number of nitrogens with two attached hydrogens (primary N) is 1. The number of methoxy groups -OCH3 is 1. The fourth-order valence-electron chi connectivity index (χ4n) is 2.59. The summed E-state index contributed by atoms with van der Waals surface area (Å²) in [6, 6.07) is 4.72. The largest absolute Gasteiger partial charge is 0.494 e. The van der Waals surface area contributed by atoms with Crippen LogP contribution in [0.5, 0.6) is 5.75 Å².